The minimum atomic E-state index is 0.0267. The van der Waals surface area contributed by atoms with Crippen LogP contribution in [0.2, 0.25) is 0 Å². The first-order chi connectivity index (χ1) is 13.2. The van der Waals surface area contributed by atoms with E-state index in [9.17, 15) is 4.79 Å². The zero-order chi connectivity index (χ0) is 18.9. The van der Waals surface area contributed by atoms with E-state index < -0.39 is 0 Å². The van der Waals surface area contributed by atoms with Crippen LogP contribution in [0.5, 0.6) is 0 Å². The number of carbonyl (C=O) groups is 1. The van der Waals surface area contributed by atoms with Gasteiger partial charge in [0.1, 0.15) is 0 Å². The molecule has 0 atom stereocenters. The van der Waals surface area contributed by atoms with E-state index >= 15 is 0 Å². The fourth-order valence-electron chi connectivity index (χ4n) is 2.87. The first kappa shape index (κ1) is 18.9. The van der Waals surface area contributed by atoms with Crippen LogP contribution in [0.3, 0.4) is 0 Å². The van der Waals surface area contributed by atoms with Gasteiger partial charge in [0.2, 0.25) is 5.91 Å². The SMILES string of the molecule is Cc1ccc(CC(=O)NCc2ccccc2COCc2ccccc2)cc1. The highest BCUT2D eigenvalue weighted by Crippen LogP contribution is 2.12. The van der Waals surface area contributed by atoms with E-state index in [2.05, 4.69) is 17.4 Å². The third-order valence-corrected chi connectivity index (χ3v) is 4.45. The molecular formula is C24H25NO2. The van der Waals surface area contributed by atoms with E-state index in [4.69, 9.17) is 4.74 Å². The van der Waals surface area contributed by atoms with Gasteiger partial charge in [-0.3, -0.25) is 4.79 Å². The van der Waals surface area contributed by atoms with Crippen molar-refractivity contribution in [3.63, 3.8) is 0 Å². The summed E-state index contributed by atoms with van der Waals surface area (Å²) >= 11 is 0. The van der Waals surface area contributed by atoms with Crippen LogP contribution in [0, 0.1) is 6.92 Å². The van der Waals surface area contributed by atoms with Gasteiger partial charge in [0.15, 0.2) is 0 Å². The summed E-state index contributed by atoms with van der Waals surface area (Å²) in [6.07, 6.45) is 0.396. The molecule has 3 nitrogen and oxygen atoms in total. The van der Waals surface area contributed by atoms with Gasteiger partial charge in [0.25, 0.3) is 0 Å². The average molecular weight is 359 g/mol. The Morgan fingerprint density at radius 2 is 1.44 bits per heavy atom. The molecule has 1 N–H and O–H groups in total. The number of nitrogens with one attached hydrogen (secondary N) is 1. The van der Waals surface area contributed by atoms with Crippen LogP contribution in [0.1, 0.15) is 27.8 Å². The lowest BCUT2D eigenvalue weighted by atomic mass is 10.1. The lowest BCUT2D eigenvalue weighted by Crippen LogP contribution is -2.25. The number of rotatable bonds is 8. The van der Waals surface area contributed by atoms with Crippen molar-refractivity contribution in [3.05, 3.63) is 107 Å². The molecule has 0 aliphatic heterocycles. The smallest absolute Gasteiger partial charge is 0.224 e. The number of amides is 1. The number of aryl methyl sites for hydroxylation is 1. The van der Waals surface area contributed by atoms with Crippen molar-refractivity contribution >= 4 is 5.91 Å². The van der Waals surface area contributed by atoms with Crippen molar-refractivity contribution < 1.29 is 9.53 Å². The van der Waals surface area contributed by atoms with Crippen molar-refractivity contribution in [1.29, 1.82) is 0 Å². The molecule has 0 spiro atoms. The van der Waals surface area contributed by atoms with Crippen molar-refractivity contribution in [3.8, 4) is 0 Å². The maximum atomic E-state index is 12.2. The lowest BCUT2D eigenvalue weighted by Gasteiger charge is -2.12. The van der Waals surface area contributed by atoms with Gasteiger partial charge in [0.05, 0.1) is 19.6 Å². The second-order valence-electron chi connectivity index (χ2n) is 6.69. The minimum Gasteiger partial charge on any atom is -0.372 e. The molecule has 3 aromatic carbocycles. The Morgan fingerprint density at radius 3 is 2.19 bits per heavy atom. The molecule has 138 valence electrons. The Balaban J connectivity index is 1.51. The molecule has 0 aliphatic carbocycles. The molecule has 27 heavy (non-hydrogen) atoms. The molecule has 0 unspecified atom stereocenters. The summed E-state index contributed by atoms with van der Waals surface area (Å²) in [5, 5.41) is 3.02. The molecule has 0 radical (unpaired) electrons. The lowest BCUT2D eigenvalue weighted by molar-refractivity contribution is -0.120. The molecule has 3 rings (SSSR count). The number of hydrogen-bond acceptors (Lipinski definition) is 2. The van der Waals surface area contributed by atoms with E-state index in [0.29, 0.717) is 26.2 Å². The first-order valence-corrected chi connectivity index (χ1v) is 9.21. The normalized spacial score (nSPS) is 10.6. The summed E-state index contributed by atoms with van der Waals surface area (Å²) in [5.41, 5.74) is 5.56. The average Bonchev–Trinajstić information content (AvgIpc) is 2.70. The highest BCUT2D eigenvalue weighted by molar-refractivity contribution is 5.78. The first-order valence-electron chi connectivity index (χ1n) is 9.21. The summed E-state index contributed by atoms with van der Waals surface area (Å²) in [6, 6.07) is 26.3. The number of hydrogen-bond donors (Lipinski definition) is 1. The number of carbonyl (C=O) groups excluding carboxylic acids is 1. The van der Waals surface area contributed by atoms with E-state index in [1.54, 1.807) is 0 Å². The summed E-state index contributed by atoms with van der Waals surface area (Å²) < 4.78 is 5.85. The fourth-order valence-corrected chi connectivity index (χ4v) is 2.87. The van der Waals surface area contributed by atoms with Gasteiger partial charge < -0.3 is 10.1 Å². The van der Waals surface area contributed by atoms with Gasteiger partial charge in [-0.1, -0.05) is 84.4 Å². The van der Waals surface area contributed by atoms with Gasteiger partial charge in [-0.25, -0.2) is 0 Å². The molecule has 0 aromatic heterocycles. The van der Waals surface area contributed by atoms with Gasteiger partial charge >= 0.3 is 0 Å². The van der Waals surface area contributed by atoms with Crippen LogP contribution in [-0.2, 0) is 35.7 Å². The molecule has 0 heterocycles. The Hall–Kier alpha value is -2.91. The van der Waals surface area contributed by atoms with Gasteiger partial charge in [-0.2, -0.15) is 0 Å². The van der Waals surface area contributed by atoms with Crippen LogP contribution in [0.15, 0.2) is 78.9 Å². The second-order valence-corrected chi connectivity index (χ2v) is 6.69. The van der Waals surface area contributed by atoms with Crippen molar-refractivity contribution in [2.24, 2.45) is 0 Å². The Morgan fingerprint density at radius 1 is 0.778 bits per heavy atom. The van der Waals surface area contributed by atoms with Gasteiger partial charge in [0, 0.05) is 6.54 Å². The molecule has 0 saturated carbocycles. The van der Waals surface area contributed by atoms with Crippen molar-refractivity contribution in [2.75, 3.05) is 0 Å². The van der Waals surface area contributed by atoms with Crippen molar-refractivity contribution in [2.45, 2.75) is 33.1 Å². The molecule has 0 fully saturated rings. The Bertz CT molecular complexity index is 857. The standard InChI is InChI=1S/C24H25NO2/c1-19-11-13-20(14-12-19)15-24(26)25-16-22-9-5-6-10-23(22)18-27-17-21-7-3-2-4-8-21/h2-14H,15-18H2,1H3,(H,25,26). The van der Waals surface area contributed by atoms with Crippen LogP contribution >= 0.6 is 0 Å². The molecule has 1 amide bonds. The number of ether oxygens (including phenoxy) is 1. The van der Waals surface area contributed by atoms with E-state index in [0.717, 1.165) is 22.3 Å². The Labute approximate surface area is 161 Å². The van der Waals surface area contributed by atoms with Crippen LogP contribution in [0.25, 0.3) is 0 Å². The van der Waals surface area contributed by atoms with E-state index in [-0.39, 0.29) is 5.91 Å². The van der Waals surface area contributed by atoms with Gasteiger partial charge in [-0.15, -0.1) is 0 Å². The third-order valence-electron chi connectivity index (χ3n) is 4.45. The highest BCUT2D eigenvalue weighted by atomic mass is 16.5. The minimum absolute atomic E-state index is 0.0267. The second kappa shape index (κ2) is 9.70. The van der Waals surface area contributed by atoms with E-state index in [1.807, 2.05) is 73.7 Å². The maximum absolute atomic E-state index is 12.2. The molecule has 0 saturated heterocycles. The Kier molecular flexibility index (Phi) is 6.78. The summed E-state index contributed by atoms with van der Waals surface area (Å²) in [6.45, 7) is 3.66. The predicted octanol–water partition coefficient (Wildman–Crippen LogP) is 4.57. The summed E-state index contributed by atoms with van der Waals surface area (Å²) in [5.74, 6) is 0.0267. The van der Waals surface area contributed by atoms with Crippen LogP contribution in [-0.4, -0.2) is 5.91 Å². The summed E-state index contributed by atoms with van der Waals surface area (Å²) in [4.78, 5) is 12.2. The van der Waals surface area contributed by atoms with E-state index in [1.165, 1.54) is 5.56 Å². The summed E-state index contributed by atoms with van der Waals surface area (Å²) in [7, 11) is 0. The predicted molar refractivity (Wildman–Crippen MR) is 108 cm³/mol. The van der Waals surface area contributed by atoms with Crippen molar-refractivity contribution in [1.82, 2.24) is 5.32 Å². The largest absolute Gasteiger partial charge is 0.372 e. The zero-order valence-electron chi connectivity index (χ0n) is 15.7. The quantitative estimate of drug-likeness (QED) is 0.640. The maximum Gasteiger partial charge on any atom is 0.224 e. The fraction of sp³-hybridized carbons (Fsp3) is 0.208. The van der Waals surface area contributed by atoms with Crippen LogP contribution < -0.4 is 5.32 Å². The highest BCUT2D eigenvalue weighted by Gasteiger charge is 2.06. The van der Waals surface area contributed by atoms with Gasteiger partial charge in [-0.05, 0) is 29.2 Å². The monoisotopic (exact) mass is 359 g/mol. The third kappa shape index (κ3) is 6.08. The molecule has 0 aliphatic rings. The topological polar surface area (TPSA) is 38.3 Å². The molecule has 3 aromatic rings. The zero-order valence-corrected chi connectivity index (χ0v) is 15.7. The molecule has 0 bridgehead atoms. The molecule has 3 heteroatoms. The molecular weight excluding hydrogens is 334 g/mol. The number of benzene rings is 3. The van der Waals surface area contributed by atoms with Crippen LogP contribution in [0.4, 0.5) is 0 Å².